The van der Waals surface area contributed by atoms with Crippen LogP contribution in [0.2, 0.25) is 0 Å². The number of carbonyl (C=O) groups is 1. The van der Waals surface area contributed by atoms with Crippen molar-refractivity contribution in [3.05, 3.63) is 0 Å². The lowest BCUT2D eigenvalue weighted by Crippen LogP contribution is -2.48. The van der Waals surface area contributed by atoms with Crippen LogP contribution in [0.3, 0.4) is 0 Å². The van der Waals surface area contributed by atoms with Gasteiger partial charge in [-0.3, -0.25) is 4.79 Å². The first kappa shape index (κ1) is 14.8. The molecule has 2 fully saturated rings. The zero-order valence-corrected chi connectivity index (χ0v) is 12.7. The van der Waals surface area contributed by atoms with E-state index in [4.69, 9.17) is 0 Å². The van der Waals surface area contributed by atoms with Gasteiger partial charge >= 0.3 is 0 Å². The van der Waals surface area contributed by atoms with Crippen LogP contribution in [0, 0.1) is 5.92 Å². The summed E-state index contributed by atoms with van der Waals surface area (Å²) in [5.74, 6) is 1.09. The molecule has 3 nitrogen and oxygen atoms in total. The molecule has 2 aliphatic rings. The maximum Gasteiger partial charge on any atom is 0.224 e. The van der Waals surface area contributed by atoms with E-state index >= 15 is 0 Å². The fourth-order valence-electron chi connectivity index (χ4n) is 3.85. The van der Waals surface area contributed by atoms with Gasteiger partial charge in [-0.25, -0.2) is 0 Å². The van der Waals surface area contributed by atoms with Crippen LogP contribution in [0.25, 0.3) is 0 Å². The largest absolute Gasteiger partial charge is 0.345 e. The highest BCUT2D eigenvalue weighted by Gasteiger charge is 2.33. The van der Waals surface area contributed by atoms with E-state index in [0.29, 0.717) is 12.3 Å². The van der Waals surface area contributed by atoms with Crippen molar-refractivity contribution in [1.82, 2.24) is 10.2 Å². The summed E-state index contributed by atoms with van der Waals surface area (Å²) in [5.41, 5.74) is 0.0826. The molecule has 0 heterocycles. The van der Waals surface area contributed by atoms with Gasteiger partial charge in [0.05, 0.1) is 0 Å². The Morgan fingerprint density at radius 3 is 2.37 bits per heavy atom. The molecule has 1 amide bonds. The Balaban J connectivity index is 1.83. The van der Waals surface area contributed by atoms with Gasteiger partial charge in [0.1, 0.15) is 0 Å². The third kappa shape index (κ3) is 3.95. The second-order valence-electron chi connectivity index (χ2n) is 6.69. The van der Waals surface area contributed by atoms with Crippen LogP contribution in [0.15, 0.2) is 0 Å². The number of amides is 1. The van der Waals surface area contributed by atoms with Crippen molar-refractivity contribution in [3.8, 4) is 0 Å². The van der Waals surface area contributed by atoms with Gasteiger partial charge in [-0.2, -0.15) is 0 Å². The van der Waals surface area contributed by atoms with Gasteiger partial charge in [0.25, 0.3) is 0 Å². The lowest BCUT2D eigenvalue weighted by atomic mass is 9.79. The van der Waals surface area contributed by atoms with Gasteiger partial charge in [0.2, 0.25) is 5.91 Å². The van der Waals surface area contributed by atoms with E-state index in [1.54, 1.807) is 0 Å². The lowest BCUT2D eigenvalue weighted by molar-refractivity contribution is -0.132. The molecule has 110 valence electrons. The van der Waals surface area contributed by atoms with Gasteiger partial charge in [0, 0.05) is 25.6 Å². The topological polar surface area (TPSA) is 32.3 Å². The Hall–Kier alpha value is -0.570. The third-order valence-corrected chi connectivity index (χ3v) is 5.26. The molecule has 0 unspecified atom stereocenters. The van der Waals surface area contributed by atoms with E-state index in [9.17, 15) is 4.79 Å². The molecule has 0 aromatic rings. The molecule has 19 heavy (non-hydrogen) atoms. The molecular formula is C16H30N2O. The second-order valence-corrected chi connectivity index (χ2v) is 6.69. The molecule has 1 N–H and O–H groups in total. The standard InChI is InChI=1S/C16H30N2O/c1-17-16(10-6-3-7-11-16)12-15(19)18(2)13-14-8-4-5-9-14/h14,17H,3-13H2,1-2H3. The highest BCUT2D eigenvalue weighted by atomic mass is 16.2. The Morgan fingerprint density at radius 1 is 1.16 bits per heavy atom. The summed E-state index contributed by atoms with van der Waals surface area (Å²) in [4.78, 5) is 14.4. The molecule has 0 aromatic heterocycles. The molecule has 3 heteroatoms. The van der Waals surface area contributed by atoms with Gasteiger partial charge in [-0.1, -0.05) is 32.1 Å². The zero-order valence-electron chi connectivity index (χ0n) is 12.7. The SMILES string of the molecule is CNC1(CC(=O)N(C)CC2CCCC2)CCCCC1. The average molecular weight is 266 g/mol. The van der Waals surface area contributed by atoms with E-state index in [-0.39, 0.29) is 5.54 Å². The van der Waals surface area contributed by atoms with Crippen LogP contribution >= 0.6 is 0 Å². The number of carbonyl (C=O) groups excluding carboxylic acids is 1. The molecule has 0 bridgehead atoms. The van der Waals surface area contributed by atoms with Crippen molar-refractivity contribution in [2.24, 2.45) is 5.92 Å². The van der Waals surface area contributed by atoms with Crippen LogP contribution in [-0.2, 0) is 4.79 Å². The van der Waals surface area contributed by atoms with Crippen LogP contribution in [0.4, 0.5) is 0 Å². The first-order valence-electron chi connectivity index (χ1n) is 8.08. The smallest absolute Gasteiger partial charge is 0.224 e. The summed E-state index contributed by atoms with van der Waals surface area (Å²) >= 11 is 0. The summed E-state index contributed by atoms with van der Waals surface area (Å²) in [5, 5.41) is 3.45. The van der Waals surface area contributed by atoms with Crippen LogP contribution in [0.5, 0.6) is 0 Å². The van der Waals surface area contributed by atoms with E-state index < -0.39 is 0 Å². The Morgan fingerprint density at radius 2 is 1.79 bits per heavy atom. The summed E-state index contributed by atoms with van der Waals surface area (Å²) in [6.45, 7) is 0.971. The first-order valence-corrected chi connectivity index (χ1v) is 8.08. The van der Waals surface area contributed by atoms with Gasteiger partial charge in [-0.05, 0) is 38.6 Å². The van der Waals surface area contributed by atoms with Crippen LogP contribution in [0.1, 0.15) is 64.2 Å². The molecule has 2 rings (SSSR count). The molecule has 0 radical (unpaired) electrons. The molecule has 0 atom stereocenters. The minimum absolute atomic E-state index is 0.0826. The van der Waals surface area contributed by atoms with E-state index in [1.165, 1.54) is 44.9 Å². The van der Waals surface area contributed by atoms with Crippen molar-refractivity contribution in [2.75, 3.05) is 20.6 Å². The maximum atomic E-state index is 12.4. The Bertz CT molecular complexity index is 291. The number of nitrogens with zero attached hydrogens (tertiary/aromatic N) is 1. The minimum Gasteiger partial charge on any atom is -0.345 e. The summed E-state index contributed by atoms with van der Waals surface area (Å²) in [6, 6.07) is 0. The number of nitrogens with one attached hydrogen (secondary N) is 1. The Labute approximate surface area is 118 Å². The fraction of sp³-hybridized carbons (Fsp3) is 0.938. The van der Waals surface area contributed by atoms with Gasteiger partial charge in [0.15, 0.2) is 0 Å². The summed E-state index contributed by atoms with van der Waals surface area (Å²) in [6.07, 6.45) is 12.2. The van der Waals surface area contributed by atoms with Crippen molar-refractivity contribution in [3.63, 3.8) is 0 Å². The normalized spacial score (nSPS) is 23.5. The Kier molecular flexibility index (Phi) is 5.26. The second kappa shape index (κ2) is 6.74. The van der Waals surface area contributed by atoms with Gasteiger partial charge in [-0.15, -0.1) is 0 Å². The highest BCUT2D eigenvalue weighted by molar-refractivity contribution is 5.77. The predicted octanol–water partition coefficient (Wildman–Crippen LogP) is 2.95. The van der Waals surface area contributed by atoms with Crippen LogP contribution in [-0.4, -0.2) is 37.0 Å². The van der Waals surface area contributed by atoms with E-state index in [2.05, 4.69) is 5.32 Å². The monoisotopic (exact) mass is 266 g/mol. The zero-order chi connectivity index (χ0) is 13.7. The van der Waals surface area contributed by atoms with Crippen LogP contribution < -0.4 is 5.32 Å². The lowest BCUT2D eigenvalue weighted by Gasteiger charge is -2.38. The maximum absolute atomic E-state index is 12.4. The molecule has 2 saturated carbocycles. The van der Waals surface area contributed by atoms with E-state index in [1.807, 2.05) is 19.0 Å². The molecular weight excluding hydrogens is 236 g/mol. The molecule has 0 spiro atoms. The predicted molar refractivity (Wildman–Crippen MR) is 79.1 cm³/mol. The van der Waals surface area contributed by atoms with Crippen molar-refractivity contribution < 1.29 is 4.79 Å². The molecule has 0 aliphatic heterocycles. The third-order valence-electron chi connectivity index (χ3n) is 5.26. The minimum atomic E-state index is 0.0826. The van der Waals surface area contributed by atoms with Gasteiger partial charge < -0.3 is 10.2 Å². The van der Waals surface area contributed by atoms with E-state index in [0.717, 1.165) is 25.3 Å². The average Bonchev–Trinajstić information content (AvgIpc) is 2.92. The molecule has 2 aliphatic carbocycles. The summed E-state index contributed by atoms with van der Waals surface area (Å²) < 4.78 is 0. The molecule has 0 saturated heterocycles. The number of rotatable bonds is 5. The molecule has 0 aromatic carbocycles. The van der Waals surface area contributed by atoms with Crippen molar-refractivity contribution in [1.29, 1.82) is 0 Å². The van der Waals surface area contributed by atoms with Crippen molar-refractivity contribution >= 4 is 5.91 Å². The number of hydrogen-bond donors (Lipinski definition) is 1. The summed E-state index contributed by atoms with van der Waals surface area (Å²) in [7, 11) is 4.02. The first-order chi connectivity index (χ1) is 9.15. The number of hydrogen-bond acceptors (Lipinski definition) is 2. The van der Waals surface area contributed by atoms with Crippen molar-refractivity contribution in [2.45, 2.75) is 69.7 Å². The highest BCUT2D eigenvalue weighted by Crippen LogP contribution is 2.31. The quantitative estimate of drug-likeness (QED) is 0.830. The fourth-order valence-corrected chi connectivity index (χ4v) is 3.85.